The average Bonchev–Trinajstić information content (AvgIpc) is 3.06. The van der Waals surface area contributed by atoms with Gasteiger partial charge in [0.15, 0.2) is 5.96 Å². The number of ether oxygens (including phenoxy) is 1. The fourth-order valence-electron chi connectivity index (χ4n) is 2.44. The molecule has 140 valence electrons. The first-order chi connectivity index (χ1) is 11.6. The van der Waals surface area contributed by atoms with Crippen LogP contribution < -0.4 is 5.73 Å². The summed E-state index contributed by atoms with van der Waals surface area (Å²) in [5.41, 5.74) is 5.37. The van der Waals surface area contributed by atoms with Crippen molar-refractivity contribution in [1.29, 1.82) is 0 Å². The maximum Gasteiger partial charge on any atom is 0.410 e. The second-order valence-electron chi connectivity index (χ2n) is 7.41. The summed E-state index contributed by atoms with van der Waals surface area (Å²) < 4.78 is 5.38. The van der Waals surface area contributed by atoms with Gasteiger partial charge in [-0.2, -0.15) is 11.3 Å². The topological polar surface area (TPSA) is 91.4 Å². The summed E-state index contributed by atoms with van der Waals surface area (Å²) in [6.45, 7) is 9.73. The number of aliphatic hydroxyl groups is 1. The maximum absolute atomic E-state index is 12.1. The summed E-state index contributed by atoms with van der Waals surface area (Å²) in [7, 11) is 0. The molecule has 0 aromatic carbocycles. The zero-order valence-corrected chi connectivity index (χ0v) is 16.2. The molecule has 0 radical (unpaired) electrons. The van der Waals surface area contributed by atoms with Crippen molar-refractivity contribution < 1.29 is 14.6 Å². The molecule has 3 N–H and O–H groups in total. The van der Waals surface area contributed by atoms with Crippen LogP contribution in [0.2, 0.25) is 0 Å². The van der Waals surface area contributed by atoms with Gasteiger partial charge in [0.05, 0.1) is 6.54 Å². The van der Waals surface area contributed by atoms with Gasteiger partial charge in [-0.1, -0.05) is 0 Å². The van der Waals surface area contributed by atoms with Crippen LogP contribution in [0.15, 0.2) is 21.8 Å². The van der Waals surface area contributed by atoms with Crippen molar-refractivity contribution in [3.63, 3.8) is 0 Å². The Morgan fingerprint density at radius 1 is 1.28 bits per heavy atom. The highest BCUT2D eigenvalue weighted by Gasteiger charge is 2.27. The lowest BCUT2D eigenvalue weighted by Crippen LogP contribution is -2.53. The standard InChI is InChI=1S/C17H28N4O3S/c1-16(2,3)24-15(22)21-8-6-20(7-9-21)14(18)19-12-17(4,23)13-5-10-25-11-13/h5,10-11,23H,6-9,12H2,1-4H3,(H2,18,19). The number of carbonyl (C=O) groups excluding carboxylic acids is 1. The van der Waals surface area contributed by atoms with Crippen LogP contribution in [0.3, 0.4) is 0 Å². The van der Waals surface area contributed by atoms with Crippen molar-refractivity contribution in [1.82, 2.24) is 9.80 Å². The smallest absolute Gasteiger partial charge is 0.410 e. The molecule has 2 rings (SSSR count). The molecular weight excluding hydrogens is 340 g/mol. The zero-order chi connectivity index (χ0) is 18.7. The number of rotatable bonds is 3. The summed E-state index contributed by atoms with van der Waals surface area (Å²) in [5, 5.41) is 14.3. The van der Waals surface area contributed by atoms with E-state index in [4.69, 9.17) is 10.5 Å². The highest BCUT2D eigenvalue weighted by atomic mass is 32.1. The van der Waals surface area contributed by atoms with Gasteiger partial charge < -0.3 is 25.4 Å². The molecular formula is C17H28N4O3S. The summed E-state index contributed by atoms with van der Waals surface area (Å²) in [5.74, 6) is 0.388. The van der Waals surface area contributed by atoms with Crippen molar-refractivity contribution in [2.75, 3.05) is 32.7 Å². The number of hydrogen-bond acceptors (Lipinski definition) is 5. The number of nitrogens with two attached hydrogens (primary N) is 1. The van der Waals surface area contributed by atoms with Gasteiger partial charge in [0.25, 0.3) is 0 Å². The number of hydrogen-bond donors (Lipinski definition) is 2. The molecule has 1 aromatic rings. The molecule has 1 aliphatic rings. The first kappa shape index (κ1) is 19.5. The van der Waals surface area contributed by atoms with Crippen LogP contribution in [-0.2, 0) is 10.3 Å². The van der Waals surface area contributed by atoms with E-state index in [-0.39, 0.29) is 12.6 Å². The maximum atomic E-state index is 12.1. The summed E-state index contributed by atoms with van der Waals surface area (Å²) >= 11 is 1.54. The number of amides is 1. The largest absolute Gasteiger partial charge is 0.444 e. The molecule has 1 atom stereocenters. The van der Waals surface area contributed by atoms with Crippen molar-refractivity contribution in [2.45, 2.75) is 38.9 Å². The second kappa shape index (κ2) is 7.61. The molecule has 1 amide bonds. The first-order valence-corrected chi connectivity index (χ1v) is 9.31. The lowest BCUT2D eigenvalue weighted by molar-refractivity contribution is 0.0186. The molecule has 1 aliphatic heterocycles. The lowest BCUT2D eigenvalue weighted by Gasteiger charge is -2.36. The summed E-state index contributed by atoms with van der Waals surface area (Å²) in [6, 6.07) is 1.88. The number of thiophene rings is 1. The van der Waals surface area contributed by atoms with E-state index >= 15 is 0 Å². The Morgan fingerprint density at radius 3 is 2.40 bits per heavy atom. The summed E-state index contributed by atoms with van der Waals surface area (Å²) in [4.78, 5) is 20.0. The molecule has 1 saturated heterocycles. The van der Waals surface area contributed by atoms with Crippen molar-refractivity contribution in [3.05, 3.63) is 22.4 Å². The number of piperazine rings is 1. The Labute approximate surface area is 153 Å². The normalized spacial score (nSPS) is 18.8. The zero-order valence-electron chi connectivity index (χ0n) is 15.4. The Bertz CT molecular complexity index is 600. The van der Waals surface area contributed by atoms with Crippen LogP contribution >= 0.6 is 11.3 Å². The fourth-order valence-corrected chi connectivity index (χ4v) is 3.22. The van der Waals surface area contributed by atoms with E-state index in [1.165, 1.54) is 11.3 Å². The van der Waals surface area contributed by atoms with Gasteiger partial charge in [0, 0.05) is 26.2 Å². The van der Waals surface area contributed by atoms with Gasteiger partial charge in [-0.3, -0.25) is 0 Å². The number of aliphatic imine (C=N–C) groups is 1. The minimum absolute atomic E-state index is 0.196. The Hall–Kier alpha value is -1.80. The van der Waals surface area contributed by atoms with E-state index in [9.17, 15) is 9.90 Å². The highest BCUT2D eigenvalue weighted by molar-refractivity contribution is 7.08. The predicted octanol–water partition coefficient (Wildman–Crippen LogP) is 1.82. The number of carbonyl (C=O) groups is 1. The Morgan fingerprint density at radius 2 is 1.88 bits per heavy atom. The minimum Gasteiger partial charge on any atom is -0.444 e. The van der Waals surface area contributed by atoms with E-state index in [0.717, 1.165) is 5.56 Å². The molecule has 1 aromatic heterocycles. The van der Waals surface area contributed by atoms with Crippen molar-refractivity contribution >= 4 is 23.4 Å². The molecule has 25 heavy (non-hydrogen) atoms. The molecule has 0 spiro atoms. The van der Waals surface area contributed by atoms with E-state index in [1.807, 2.05) is 42.5 Å². The third kappa shape index (κ3) is 5.61. The van der Waals surface area contributed by atoms with Crippen LogP contribution in [0.1, 0.15) is 33.3 Å². The van der Waals surface area contributed by atoms with E-state index in [1.54, 1.807) is 11.8 Å². The van der Waals surface area contributed by atoms with Crippen molar-refractivity contribution in [3.8, 4) is 0 Å². The molecule has 1 fully saturated rings. The number of guanidine groups is 1. The van der Waals surface area contributed by atoms with Crippen LogP contribution in [-0.4, -0.2) is 65.3 Å². The van der Waals surface area contributed by atoms with Gasteiger partial charge in [0.1, 0.15) is 11.2 Å². The Kier molecular flexibility index (Phi) is 5.95. The third-order valence-electron chi connectivity index (χ3n) is 3.95. The molecule has 8 heteroatoms. The SMILES string of the molecule is CC(C)(C)OC(=O)N1CCN(C(N)=NCC(C)(O)c2ccsc2)CC1. The van der Waals surface area contributed by atoms with E-state index in [0.29, 0.717) is 32.1 Å². The highest BCUT2D eigenvalue weighted by Crippen LogP contribution is 2.23. The molecule has 0 aliphatic carbocycles. The van der Waals surface area contributed by atoms with Crippen LogP contribution in [0.25, 0.3) is 0 Å². The molecule has 0 saturated carbocycles. The van der Waals surface area contributed by atoms with Crippen LogP contribution in [0.4, 0.5) is 4.79 Å². The summed E-state index contributed by atoms with van der Waals surface area (Å²) in [6.07, 6.45) is -0.303. The lowest BCUT2D eigenvalue weighted by atomic mass is 10.00. The van der Waals surface area contributed by atoms with Gasteiger partial charge >= 0.3 is 6.09 Å². The van der Waals surface area contributed by atoms with Crippen LogP contribution in [0, 0.1) is 0 Å². The monoisotopic (exact) mass is 368 g/mol. The molecule has 1 unspecified atom stereocenters. The predicted molar refractivity (Wildman–Crippen MR) is 99.8 cm³/mol. The number of nitrogens with zero attached hydrogens (tertiary/aromatic N) is 3. The van der Waals surface area contributed by atoms with Gasteiger partial charge in [0.2, 0.25) is 0 Å². The van der Waals surface area contributed by atoms with E-state index in [2.05, 4.69) is 4.99 Å². The Balaban J connectivity index is 1.86. The van der Waals surface area contributed by atoms with Crippen molar-refractivity contribution in [2.24, 2.45) is 10.7 Å². The van der Waals surface area contributed by atoms with Crippen LogP contribution in [0.5, 0.6) is 0 Å². The van der Waals surface area contributed by atoms with Gasteiger partial charge in [-0.25, -0.2) is 9.79 Å². The second-order valence-corrected chi connectivity index (χ2v) is 8.19. The third-order valence-corrected chi connectivity index (χ3v) is 4.63. The minimum atomic E-state index is -1.04. The molecule has 2 heterocycles. The van der Waals surface area contributed by atoms with E-state index < -0.39 is 11.2 Å². The average molecular weight is 369 g/mol. The quantitative estimate of drug-likeness (QED) is 0.627. The molecule has 7 nitrogen and oxygen atoms in total. The fraction of sp³-hybridized carbons (Fsp3) is 0.647. The van der Waals surface area contributed by atoms with Gasteiger partial charge in [-0.15, -0.1) is 0 Å². The first-order valence-electron chi connectivity index (χ1n) is 8.36. The van der Waals surface area contributed by atoms with Gasteiger partial charge in [-0.05, 0) is 50.1 Å². The molecule has 0 bridgehead atoms.